The van der Waals surface area contributed by atoms with Gasteiger partial charge in [0.2, 0.25) is 0 Å². The lowest BCUT2D eigenvalue weighted by Gasteiger charge is -2.01. The second-order valence-electron chi connectivity index (χ2n) is 4.39. The maximum absolute atomic E-state index is 5.03. The molecule has 0 atom stereocenters. The van der Waals surface area contributed by atoms with Crippen LogP contribution < -0.4 is 5.32 Å². The van der Waals surface area contributed by atoms with E-state index < -0.39 is 0 Å². The van der Waals surface area contributed by atoms with Crippen LogP contribution in [0.5, 0.6) is 0 Å². The van der Waals surface area contributed by atoms with Gasteiger partial charge in [0, 0.05) is 24.1 Å². The van der Waals surface area contributed by atoms with Crippen LogP contribution >= 0.6 is 11.3 Å². The third kappa shape index (κ3) is 3.55. The summed E-state index contributed by atoms with van der Waals surface area (Å²) < 4.78 is 5.03. The highest BCUT2D eigenvalue weighted by Gasteiger charge is 2.09. The van der Waals surface area contributed by atoms with Gasteiger partial charge in [-0.2, -0.15) is 0 Å². The maximum atomic E-state index is 5.03. The Morgan fingerprint density at radius 1 is 1.26 bits per heavy atom. The summed E-state index contributed by atoms with van der Waals surface area (Å²) in [5, 5.41) is 4.24. The van der Waals surface area contributed by atoms with Gasteiger partial charge in [-0.1, -0.05) is 31.2 Å². The summed E-state index contributed by atoms with van der Waals surface area (Å²) >= 11 is 1.69. The molecule has 0 radical (unpaired) electrons. The zero-order valence-corrected chi connectivity index (χ0v) is 12.5. The van der Waals surface area contributed by atoms with Crippen LogP contribution in [0.1, 0.15) is 17.4 Å². The van der Waals surface area contributed by atoms with E-state index in [9.17, 15) is 0 Å². The number of thiazole rings is 1. The molecule has 1 aromatic carbocycles. The van der Waals surface area contributed by atoms with Crippen LogP contribution in [0.25, 0.3) is 11.3 Å². The first kappa shape index (κ1) is 14.0. The lowest BCUT2D eigenvalue weighted by Crippen LogP contribution is -2.06. The summed E-state index contributed by atoms with van der Waals surface area (Å²) in [5.41, 5.74) is 3.62. The Balaban J connectivity index is 2.14. The van der Waals surface area contributed by atoms with Crippen molar-refractivity contribution in [3.63, 3.8) is 0 Å². The van der Waals surface area contributed by atoms with Crippen molar-refractivity contribution >= 4 is 16.5 Å². The Morgan fingerprint density at radius 2 is 2.00 bits per heavy atom. The molecule has 3 nitrogen and oxygen atoms in total. The number of aromatic nitrogens is 1. The first-order valence-corrected chi connectivity index (χ1v) is 7.35. The van der Waals surface area contributed by atoms with E-state index in [-0.39, 0.29) is 0 Å². The van der Waals surface area contributed by atoms with Crippen molar-refractivity contribution in [3.05, 3.63) is 34.7 Å². The smallest absolute Gasteiger partial charge is 0.183 e. The van der Waals surface area contributed by atoms with E-state index in [1.54, 1.807) is 18.4 Å². The van der Waals surface area contributed by atoms with Crippen molar-refractivity contribution in [2.45, 2.75) is 20.3 Å². The number of ether oxygens (including phenoxy) is 1. The van der Waals surface area contributed by atoms with Crippen LogP contribution in [0.3, 0.4) is 0 Å². The zero-order chi connectivity index (χ0) is 13.7. The van der Waals surface area contributed by atoms with Crippen LogP contribution in [0.4, 0.5) is 5.13 Å². The maximum Gasteiger partial charge on any atom is 0.183 e. The Bertz CT molecular complexity index is 519. The van der Waals surface area contributed by atoms with Crippen molar-refractivity contribution in [2.24, 2.45) is 0 Å². The molecule has 102 valence electrons. The molecule has 0 unspecified atom stereocenters. The minimum absolute atomic E-state index is 0.694. The molecule has 19 heavy (non-hydrogen) atoms. The molecule has 4 heteroatoms. The van der Waals surface area contributed by atoms with Crippen LogP contribution in [-0.2, 0) is 11.2 Å². The van der Waals surface area contributed by atoms with E-state index in [2.05, 4.69) is 48.4 Å². The predicted octanol–water partition coefficient (Wildman–Crippen LogP) is 3.74. The molecular formula is C15H20N2OS. The van der Waals surface area contributed by atoms with E-state index in [1.165, 1.54) is 16.0 Å². The topological polar surface area (TPSA) is 34.2 Å². The van der Waals surface area contributed by atoms with Crippen LogP contribution in [0.15, 0.2) is 24.3 Å². The SMILES string of the molecule is CCc1ccc(-c2nc(NCCOC)sc2C)cc1. The lowest BCUT2D eigenvalue weighted by molar-refractivity contribution is 0.211. The normalized spacial score (nSPS) is 10.7. The predicted molar refractivity (Wildman–Crippen MR) is 82.0 cm³/mol. The van der Waals surface area contributed by atoms with Gasteiger partial charge in [0.05, 0.1) is 12.3 Å². The summed E-state index contributed by atoms with van der Waals surface area (Å²) in [5.74, 6) is 0. The average Bonchev–Trinajstić information content (AvgIpc) is 2.80. The molecule has 0 fully saturated rings. The summed E-state index contributed by atoms with van der Waals surface area (Å²) in [4.78, 5) is 5.90. The Hall–Kier alpha value is -1.39. The second-order valence-corrected chi connectivity index (χ2v) is 5.60. The minimum Gasteiger partial charge on any atom is -0.383 e. The van der Waals surface area contributed by atoms with Gasteiger partial charge in [0.15, 0.2) is 5.13 Å². The molecular weight excluding hydrogens is 256 g/mol. The number of nitrogens with zero attached hydrogens (tertiary/aromatic N) is 1. The first-order chi connectivity index (χ1) is 9.24. The molecule has 2 aromatic rings. The monoisotopic (exact) mass is 276 g/mol. The third-order valence-corrected chi connectivity index (χ3v) is 3.94. The van der Waals surface area contributed by atoms with E-state index in [4.69, 9.17) is 4.74 Å². The fraction of sp³-hybridized carbons (Fsp3) is 0.400. The van der Waals surface area contributed by atoms with E-state index in [0.29, 0.717) is 6.61 Å². The highest BCUT2D eigenvalue weighted by atomic mass is 32.1. The van der Waals surface area contributed by atoms with E-state index in [1.807, 2.05) is 0 Å². The Labute approximate surface area is 118 Å². The fourth-order valence-electron chi connectivity index (χ4n) is 1.90. The minimum atomic E-state index is 0.694. The molecule has 0 aliphatic heterocycles. The number of aryl methyl sites for hydroxylation is 2. The number of methoxy groups -OCH3 is 1. The van der Waals surface area contributed by atoms with Crippen molar-refractivity contribution < 1.29 is 4.74 Å². The number of benzene rings is 1. The van der Waals surface area contributed by atoms with E-state index in [0.717, 1.165) is 23.8 Å². The molecule has 1 aromatic heterocycles. The lowest BCUT2D eigenvalue weighted by atomic mass is 10.1. The van der Waals surface area contributed by atoms with E-state index >= 15 is 0 Å². The number of nitrogens with one attached hydrogen (secondary N) is 1. The average molecular weight is 276 g/mol. The van der Waals surface area contributed by atoms with Crippen LogP contribution in [0, 0.1) is 6.92 Å². The van der Waals surface area contributed by atoms with Crippen LogP contribution in [0.2, 0.25) is 0 Å². The number of hydrogen-bond donors (Lipinski definition) is 1. The molecule has 0 aliphatic rings. The van der Waals surface area contributed by atoms with Gasteiger partial charge in [-0.3, -0.25) is 0 Å². The van der Waals surface area contributed by atoms with Gasteiger partial charge in [0.25, 0.3) is 0 Å². The molecule has 1 heterocycles. The van der Waals surface area contributed by atoms with Crippen molar-refractivity contribution in [1.82, 2.24) is 4.98 Å². The summed E-state index contributed by atoms with van der Waals surface area (Å²) in [6.07, 6.45) is 1.07. The molecule has 0 saturated heterocycles. The molecule has 0 aliphatic carbocycles. The zero-order valence-electron chi connectivity index (χ0n) is 11.7. The van der Waals surface area contributed by atoms with Gasteiger partial charge in [-0.25, -0.2) is 4.98 Å². The standard InChI is InChI=1S/C15H20N2OS/c1-4-12-5-7-13(8-6-12)14-11(2)19-15(17-14)16-9-10-18-3/h5-8H,4,9-10H2,1-3H3,(H,16,17). The van der Waals surface area contributed by atoms with Crippen molar-refractivity contribution in [3.8, 4) is 11.3 Å². The van der Waals surface area contributed by atoms with Crippen molar-refractivity contribution in [2.75, 3.05) is 25.6 Å². The van der Waals surface area contributed by atoms with Gasteiger partial charge in [0.1, 0.15) is 0 Å². The van der Waals surface area contributed by atoms with Gasteiger partial charge in [-0.05, 0) is 18.9 Å². The van der Waals surface area contributed by atoms with Gasteiger partial charge >= 0.3 is 0 Å². The van der Waals surface area contributed by atoms with Crippen molar-refractivity contribution in [1.29, 1.82) is 0 Å². The number of hydrogen-bond acceptors (Lipinski definition) is 4. The molecule has 1 N–H and O–H groups in total. The second kappa shape index (κ2) is 6.68. The quantitative estimate of drug-likeness (QED) is 0.816. The molecule has 0 saturated carbocycles. The molecule has 2 rings (SSSR count). The Kier molecular flexibility index (Phi) is 4.93. The molecule has 0 bridgehead atoms. The summed E-state index contributed by atoms with van der Waals surface area (Å²) in [7, 11) is 1.70. The van der Waals surface area contributed by atoms with Gasteiger partial charge < -0.3 is 10.1 Å². The fourth-order valence-corrected chi connectivity index (χ4v) is 2.76. The highest BCUT2D eigenvalue weighted by Crippen LogP contribution is 2.30. The largest absolute Gasteiger partial charge is 0.383 e. The molecule has 0 amide bonds. The Morgan fingerprint density at radius 3 is 2.63 bits per heavy atom. The summed E-state index contributed by atoms with van der Waals surface area (Å²) in [6, 6.07) is 8.65. The first-order valence-electron chi connectivity index (χ1n) is 6.54. The number of rotatable bonds is 6. The third-order valence-electron chi connectivity index (χ3n) is 3.01. The number of anilines is 1. The molecule has 0 spiro atoms. The highest BCUT2D eigenvalue weighted by molar-refractivity contribution is 7.16. The van der Waals surface area contributed by atoms with Gasteiger partial charge in [-0.15, -0.1) is 11.3 Å². The summed E-state index contributed by atoms with van der Waals surface area (Å²) in [6.45, 7) is 5.76. The van der Waals surface area contributed by atoms with Crippen LogP contribution in [-0.4, -0.2) is 25.2 Å².